The number of aromatic amines is 1. The van der Waals surface area contributed by atoms with Crippen LogP contribution in [0.1, 0.15) is 31.0 Å². The van der Waals surface area contributed by atoms with E-state index in [0.29, 0.717) is 17.3 Å². The normalized spacial score (nSPS) is 11.8. The number of aryl methyl sites for hydroxylation is 1. The number of nitrogens with one attached hydrogen (secondary N) is 1. The molecule has 7 nitrogen and oxygen atoms in total. The van der Waals surface area contributed by atoms with Crippen LogP contribution in [0.4, 0.5) is 0 Å². The number of fused-ring (bicyclic) bond motifs is 2. The minimum atomic E-state index is -0.381. The first-order chi connectivity index (χ1) is 11.0. The van der Waals surface area contributed by atoms with E-state index < -0.39 is 0 Å². The highest BCUT2D eigenvalue weighted by atomic mass is 16.1. The maximum Gasteiger partial charge on any atom is 0.346 e. The zero-order valence-electron chi connectivity index (χ0n) is 13.1. The van der Waals surface area contributed by atoms with Crippen LogP contribution in [0.3, 0.4) is 0 Å². The third-order valence-corrected chi connectivity index (χ3v) is 3.99. The fraction of sp³-hybridized carbons (Fsp3) is 0.250. The molecule has 0 atom stereocenters. The molecule has 0 saturated heterocycles. The number of hydrogen-bond donors (Lipinski definition) is 1. The molecule has 0 spiro atoms. The van der Waals surface area contributed by atoms with E-state index in [4.69, 9.17) is 0 Å². The summed E-state index contributed by atoms with van der Waals surface area (Å²) in [4.78, 5) is 22.5. The predicted octanol–water partition coefficient (Wildman–Crippen LogP) is 2.19. The summed E-state index contributed by atoms with van der Waals surface area (Å²) in [6.07, 6.45) is 7.56. The van der Waals surface area contributed by atoms with E-state index in [-0.39, 0.29) is 5.69 Å². The minimum Gasteiger partial charge on any atom is -0.305 e. The predicted molar refractivity (Wildman–Crippen MR) is 87.1 cm³/mol. The summed E-state index contributed by atoms with van der Waals surface area (Å²) in [7, 11) is 0. The second-order valence-corrected chi connectivity index (χ2v) is 5.93. The largest absolute Gasteiger partial charge is 0.346 e. The van der Waals surface area contributed by atoms with Gasteiger partial charge in [-0.15, -0.1) is 5.10 Å². The monoisotopic (exact) mass is 308 g/mol. The highest BCUT2D eigenvalue weighted by Gasteiger charge is 2.12. The zero-order valence-corrected chi connectivity index (χ0v) is 13.1. The number of rotatable bonds is 2. The lowest BCUT2D eigenvalue weighted by Crippen LogP contribution is -2.11. The molecule has 0 aliphatic heterocycles. The summed E-state index contributed by atoms with van der Waals surface area (Å²) in [5.74, 6) is 0.341. The highest BCUT2D eigenvalue weighted by molar-refractivity contribution is 5.76. The maximum absolute atomic E-state index is 11.5. The summed E-state index contributed by atoms with van der Waals surface area (Å²) in [5.41, 5.74) is 3.84. The summed E-state index contributed by atoms with van der Waals surface area (Å²) in [6, 6.07) is 2.08. The van der Waals surface area contributed by atoms with Gasteiger partial charge in [0.05, 0.1) is 16.8 Å². The SMILES string of the molecule is Cc1nc(=O)[nH]c2nn(-c3cc(C(C)C)c4nccn4c3)cc12. The molecule has 0 aromatic carbocycles. The molecule has 0 aliphatic rings. The third kappa shape index (κ3) is 2.12. The van der Waals surface area contributed by atoms with Crippen molar-refractivity contribution in [3.8, 4) is 5.69 Å². The molecular formula is C16H16N6O. The van der Waals surface area contributed by atoms with Crippen LogP contribution < -0.4 is 5.69 Å². The van der Waals surface area contributed by atoms with E-state index in [0.717, 1.165) is 22.3 Å². The number of nitrogens with zero attached hydrogens (tertiary/aromatic N) is 5. The van der Waals surface area contributed by atoms with E-state index in [2.05, 4.69) is 40.0 Å². The Balaban J connectivity index is 1.98. The Morgan fingerprint density at radius 2 is 2.09 bits per heavy atom. The van der Waals surface area contributed by atoms with Crippen molar-refractivity contribution in [1.82, 2.24) is 29.1 Å². The Morgan fingerprint density at radius 1 is 1.26 bits per heavy atom. The van der Waals surface area contributed by atoms with Crippen LogP contribution >= 0.6 is 0 Å². The second kappa shape index (κ2) is 4.77. The highest BCUT2D eigenvalue weighted by Crippen LogP contribution is 2.23. The molecular weight excluding hydrogens is 292 g/mol. The molecule has 4 aromatic rings. The average molecular weight is 308 g/mol. The third-order valence-electron chi connectivity index (χ3n) is 3.99. The lowest BCUT2D eigenvalue weighted by Gasteiger charge is -2.10. The van der Waals surface area contributed by atoms with Crippen molar-refractivity contribution in [2.75, 3.05) is 0 Å². The van der Waals surface area contributed by atoms with Crippen LogP contribution in [0.5, 0.6) is 0 Å². The molecule has 0 bridgehead atoms. The van der Waals surface area contributed by atoms with E-state index in [1.54, 1.807) is 10.9 Å². The summed E-state index contributed by atoms with van der Waals surface area (Å²) >= 11 is 0. The van der Waals surface area contributed by atoms with Gasteiger partial charge in [0.25, 0.3) is 0 Å². The van der Waals surface area contributed by atoms with Crippen molar-refractivity contribution in [3.63, 3.8) is 0 Å². The van der Waals surface area contributed by atoms with Crippen molar-refractivity contribution in [3.05, 3.63) is 52.6 Å². The Kier molecular flexibility index (Phi) is 2.84. The summed E-state index contributed by atoms with van der Waals surface area (Å²) in [5, 5.41) is 5.32. The number of aromatic nitrogens is 6. The molecule has 0 fully saturated rings. The van der Waals surface area contributed by atoms with Crippen molar-refractivity contribution in [1.29, 1.82) is 0 Å². The maximum atomic E-state index is 11.5. The van der Waals surface area contributed by atoms with E-state index in [1.807, 2.05) is 29.9 Å². The van der Waals surface area contributed by atoms with Gasteiger partial charge in [-0.2, -0.15) is 4.98 Å². The van der Waals surface area contributed by atoms with E-state index in [9.17, 15) is 4.79 Å². The molecule has 7 heteroatoms. The quantitative estimate of drug-likeness (QED) is 0.615. The van der Waals surface area contributed by atoms with Crippen molar-refractivity contribution < 1.29 is 0 Å². The molecule has 4 rings (SSSR count). The molecule has 0 amide bonds. The Labute approximate surface area is 131 Å². The van der Waals surface area contributed by atoms with Gasteiger partial charge in [0.15, 0.2) is 5.65 Å². The lowest BCUT2D eigenvalue weighted by molar-refractivity contribution is 0.836. The van der Waals surface area contributed by atoms with Crippen LogP contribution in [-0.2, 0) is 0 Å². The molecule has 0 saturated carbocycles. The summed E-state index contributed by atoms with van der Waals surface area (Å²) in [6.45, 7) is 6.08. The van der Waals surface area contributed by atoms with Crippen molar-refractivity contribution in [2.24, 2.45) is 0 Å². The molecule has 23 heavy (non-hydrogen) atoms. The number of pyridine rings is 1. The molecule has 116 valence electrons. The van der Waals surface area contributed by atoms with Gasteiger partial charge in [0.1, 0.15) is 5.65 Å². The standard InChI is InChI=1S/C16H16N6O/c1-9(2)12-6-11(7-21-5-4-17-15(12)21)22-8-13-10(3)18-16(23)19-14(13)20-22/h4-9H,1-3H3,(H,19,20,23). The first-order valence-corrected chi connectivity index (χ1v) is 7.46. The lowest BCUT2D eigenvalue weighted by atomic mass is 10.0. The minimum absolute atomic E-state index is 0.341. The number of hydrogen-bond acceptors (Lipinski definition) is 4. The van der Waals surface area contributed by atoms with Gasteiger partial charge in [0, 0.05) is 30.4 Å². The molecule has 1 N–H and O–H groups in total. The average Bonchev–Trinajstić information content (AvgIpc) is 3.11. The van der Waals surface area contributed by atoms with Crippen LogP contribution in [0, 0.1) is 6.92 Å². The van der Waals surface area contributed by atoms with Gasteiger partial charge in [-0.05, 0) is 18.9 Å². The topological polar surface area (TPSA) is 80.9 Å². The van der Waals surface area contributed by atoms with Gasteiger partial charge in [-0.3, -0.25) is 4.98 Å². The van der Waals surface area contributed by atoms with Gasteiger partial charge >= 0.3 is 5.69 Å². The second-order valence-electron chi connectivity index (χ2n) is 5.93. The molecule has 0 aliphatic carbocycles. The molecule has 4 heterocycles. The van der Waals surface area contributed by atoms with Gasteiger partial charge < -0.3 is 4.40 Å². The van der Waals surface area contributed by atoms with E-state index in [1.165, 1.54) is 0 Å². The van der Waals surface area contributed by atoms with Gasteiger partial charge in [-0.25, -0.2) is 14.5 Å². The Hall–Kier alpha value is -2.96. The van der Waals surface area contributed by atoms with Crippen LogP contribution in [0.15, 0.2) is 35.6 Å². The first-order valence-electron chi connectivity index (χ1n) is 7.46. The van der Waals surface area contributed by atoms with Crippen molar-refractivity contribution in [2.45, 2.75) is 26.7 Å². The van der Waals surface area contributed by atoms with Crippen LogP contribution in [0.2, 0.25) is 0 Å². The fourth-order valence-electron chi connectivity index (χ4n) is 2.80. The smallest absolute Gasteiger partial charge is 0.305 e. The van der Waals surface area contributed by atoms with Gasteiger partial charge in [-0.1, -0.05) is 13.8 Å². The Morgan fingerprint density at radius 3 is 2.87 bits per heavy atom. The number of imidazole rings is 1. The molecule has 0 radical (unpaired) electrons. The first kappa shape index (κ1) is 13.7. The molecule has 4 aromatic heterocycles. The summed E-state index contributed by atoms with van der Waals surface area (Å²) < 4.78 is 3.76. The van der Waals surface area contributed by atoms with E-state index >= 15 is 0 Å². The zero-order chi connectivity index (χ0) is 16.1. The fourth-order valence-corrected chi connectivity index (χ4v) is 2.80. The Bertz CT molecular complexity index is 1090. The van der Waals surface area contributed by atoms with Crippen LogP contribution in [-0.4, -0.2) is 29.1 Å². The number of H-pyrrole nitrogens is 1. The molecule has 0 unspecified atom stereocenters. The van der Waals surface area contributed by atoms with Crippen molar-refractivity contribution >= 4 is 16.7 Å². The van der Waals surface area contributed by atoms with Crippen LogP contribution in [0.25, 0.3) is 22.4 Å². The van der Waals surface area contributed by atoms with Gasteiger partial charge in [0.2, 0.25) is 0 Å².